The fraction of sp³-hybridized carbons (Fsp3) is 0.238. The van der Waals surface area contributed by atoms with E-state index in [1.54, 1.807) is 24.5 Å². The maximum atomic E-state index is 13.8. The second-order valence-corrected chi connectivity index (χ2v) is 6.31. The third-order valence-corrected chi connectivity index (χ3v) is 4.19. The van der Waals surface area contributed by atoms with Gasteiger partial charge in [-0.25, -0.2) is 4.39 Å². The third-order valence-electron chi connectivity index (χ3n) is 3.91. The lowest BCUT2D eigenvalue weighted by atomic mass is 10.2. The van der Waals surface area contributed by atoms with Gasteiger partial charge in [0.1, 0.15) is 18.2 Å². The van der Waals surface area contributed by atoms with Crippen LogP contribution in [0.25, 0.3) is 0 Å². The average Bonchev–Trinajstić information content (AvgIpc) is 3.16. The van der Waals surface area contributed by atoms with E-state index in [0.717, 1.165) is 11.3 Å². The van der Waals surface area contributed by atoms with E-state index in [9.17, 15) is 4.39 Å². The van der Waals surface area contributed by atoms with Gasteiger partial charge in [0.2, 0.25) is 0 Å². The monoisotopic (exact) mass is 389 g/mol. The van der Waals surface area contributed by atoms with Gasteiger partial charge in [0.25, 0.3) is 0 Å². The molecule has 0 spiro atoms. The number of hydrogen-bond acceptors (Lipinski definition) is 4. The van der Waals surface area contributed by atoms with Gasteiger partial charge in [-0.15, -0.1) is 0 Å². The summed E-state index contributed by atoms with van der Waals surface area (Å²) in [4.78, 5) is 0. The lowest BCUT2D eigenvalue weighted by Gasteiger charge is -2.16. The standard InChI is InChI=1S/C21H21ClFNO3/c1-2-25-20-11-15(12-24-13-17-7-5-9-26-17)10-18(22)21(20)27-14-16-6-3-4-8-19(16)23/h3-11,24H,2,12-14H2,1H3. The Labute approximate surface area is 162 Å². The van der Waals surface area contributed by atoms with Crippen LogP contribution in [0.2, 0.25) is 5.02 Å². The Kier molecular flexibility index (Phi) is 6.74. The molecule has 3 rings (SSSR count). The number of nitrogens with one attached hydrogen (secondary N) is 1. The molecule has 0 aliphatic rings. The van der Waals surface area contributed by atoms with Gasteiger partial charge in [-0.2, -0.15) is 0 Å². The van der Waals surface area contributed by atoms with Crippen LogP contribution in [0.5, 0.6) is 11.5 Å². The van der Waals surface area contributed by atoms with Gasteiger partial charge in [-0.1, -0.05) is 29.8 Å². The zero-order chi connectivity index (χ0) is 19.1. The SMILES string of the molecule is CCOc1cc(CNCc2ccco2)cc(Cl)c1OCc1ccccc1F. The molecule has 1 heterocycles. The van der Waals surface area contributed by atoms with Crippen molar-refractivity contribution in [1.82, 2.24) is 5.32 Å². The third kappa shape index (κ3) is 5.25. The molecule has 6 heteroatoms. The zero-order valence-electron chi connectivity index (χ0n) is 15.0. The van der Waals surface area contributed by atoms with Crippen molar-refractivity contribution in [3.63, 3.8) is 0 Å². The van der Waals surface area contributed by atoms with E-state index in [4.69, 9.17) is 25.5 Å². The first-order valence-electron chi connectivity index (χ1n) is 8.72. The smallest absolute Gasteiger partial charge is 0.180 e. The van der Waals surface area contributed by atoms with Crippen LogP contribution in [0.1, 0.15) is 23.8 Å². The van der Waals surface area contributed by atoms with Crippen LogP contribution in [0, 0.1) is 5.82 Å². The van der Waals surface area contributed by atoms with Gasteiger partial charge in [0.05, 0.1) is 24.4 Å². The fourth-order valence-electron chi connectivity index (χ4n) is 2.64. The second-order valence-electron chi connectivity index (χ2n) is 5.90. The molecule has 3 aromatic rings. The first kappa shape index (κ1) is 19.3. The van der Waals surface area contributed by atoms with Crippen molar-refractivity contribution in [2.45, 2.75) is 26.6 Å². The summed E-state index contributed by atoms with van der Waals surface area (Å²) in [7, 11) is 0. The van der Waals surface area contributed by atoms with E-state index < -0.39 is 0 Å². The van der Waals surface area contributed by atoms with Crippen molar-refractivity contribution < 1.29 is 18.3 Å². The number of halogens is 2. The lowest BCUT2D eigenvalue weighted by molar-refractivity contribution is 0.265. The Morgan fingerprint density at radius 1 is 1.07 bits per heavy atom. The molecule has 0 aliphatic heterocycles. The van der Waals surface area contributed by atoms with Crippen molar-refractivity contribution >= 4 is 11.6 Å². The van der Waals surface area contributed by atoms with Crippen LogP contribution in [0.15, 0.2) is 59.2 Å². The predicted octanol–water partition coefficient (Wildman–Crippen LogP) is 5.34. The average molecular weight is 390 g/mol. The van der Waals surface area contributed by atoms with Crippen LogP contribution in [-0.2, 0) is 19.7 Å². The second kappa shape index (κ2) is 9.44. The van der Waals surface area contributed by atoms with Crippen LogP contribution < -0.4 is 14.8 Å². The summed E-state index contributed by atoms with van der Waals surface area (Å²) >= 11 is 6.41. The molecule has 2 aromatic carbocycles. The number of hydrogen-bond donors (Lipinski definition) is 1. The molecular formula is C21H21ClFNO3. The van der Waals surface area contributed by atoms with Crippen LogP contribution in [-0.4, -0.2) is 6.61 Å². The minimum absolute atomic E-state index is 0.0720. The lowest BCUT2D eigenvalue weighted by Crippen LogP contribution is -2.12. The minimum Gasteiger partial charge on any atom is -0.490 e. The van der Waals surface area contributed by atoms with E-state index in [0.29, 0.717) is 41.8 Å². The Morgan fingerprint density at radius 3 is 2.67 bits per heavy atom. The maximum absolute atomic E-state index is 13.8. The quantitative estimate of drug-likeness (QED) is 0.536. The zero-order valence-corrected chi connectivity index (χ0v) is 15.8. The van der Waals surface area contributed by atoms with Crippen molar-refractivity contribution in [2.75, 3.05) is 6.61 Å². The first-order chi connectivity index (χ1) is 13.2. The molecule has 0 amide bonds. The Bertz CT molecular complexity index is 868. The molecule has 0 saturated carbocycles. The topological polar surface area (TPSA) is 43.6 Å². The van der Waals surface area contributed by atoms with Crippen molar-refractivity contribution in [1.29, 1.82) is 0 Å². The molecule has 27 heavy (non-hydrogen) atoms. The van der Waals surface area contributed by atoms with Crippen LogP contribution >= 0.6 is 11.6 Å². The molecule has 0 atom stereocenters. The highest BCUT2D eigenvalue weighted by Crippen LogP contribution is 2.37. The van der Waals surface area contributed by atoms with Gasteiger partial charge in [-0.05, 0) is 42.8 Å². The van der Waals surface area contributed by atoms with Crippen LogP contribution in [0.4, 0.5) is 4.39 Å². The number of rotatable bonds is 9. The molecule has 0 saturated heterocycles. The fourth-order valence-corrected chi connectivity index (χ4v) is 2.92. The summed E-state index contributed by atoms with van der Waals surface area (Å²) in [5.74, 6) is 1.49. The summed E-state index contributed by atoms with van der Waals surface area (Å²) in [5.41, 5.74) is 1.41. The Morgan fingerprint density at radius 2 is 1.93 bits per heavy atom. The Hall–Kier alpha value is -2.50. The molecule has 1 aromatic heterocycles. The highest BCUT2D eigenvalue weighted by Gasteiger charge is 2.14. The molecule has 0 aliphatic carbocycles. The summed E-state index contributed by atoms with van der Waals surface area (Å²) in [5, 5.41) is 3.71. The summed E-state index contributed by atoms with van der Waals surface area (Å²) in [6, 6.07) is 13.9. The molecule has 0 fully saturated rings. The summed E-state index contributed by atoms with van der Waals surface area (Å²) < 4.78 is 30.6. The van der Waals surface area contributed by atoms with E-state index in [2.05, 4.69) is 5.32 Å². The number of benzene rings is 2. The number of ether oxygens (including phenoxy) is 2. The Balaban J connectivity index is 1.70. The minimum atomic E-state index is -0.315. The molecular weight excluding hydrogens is 369 g/mol. The number of furan rings is 1. The van der Waals surface area contributed by atoms with Gasteiger partial charge >= 0.3 is 0 Å². The van der Waals surface area contributed by atoms with E-state index in [1.165, 1.54) is 6.07 Å². The molecule has 0 bridgehead atoms. The van der Waals surface area contributed by atoms with Crippen LogP contribution in [0.3, 0.4) is 0 Å². The van der Waals surface area contributed by atoms with E-state index in [-0.39, 0.29) is 12.4 Å². The normalized spacial score (nSPS) is 10.8. The highest BCUT2D eigenvalue weighted by atomic mass is 35.5. The maximum Gasteiger partial charge on any atom is 0.180 e. The van der Waals surface area contributed by atoms with Crippen molar-refractivity contribution in [3.05, 3.63) is 82.5 Å². The van der Waals surface area contributed by atoms with Gasteiger partial charge < -0.3 is 19.2 Å². The van der Waals surface area contributed by atoms with Crippen molar-refractivity contribution in [2.24, 2.45) is 0 Å². The highest BCUT2D eigenvalue weighted by molar-refractivity contribution is 6.32. The largest absolute Gasteiger partial charge is 0.490 e. The van der Waals surface area contributed by atoms with E-state index in [1.807, 2.05) is 31.2 Å². The molecule has 1 N–H and O–H groups in total. The first-order valence-corrected chi connectivity index (χ1v) is 9.09. The molecule has 4 nitrogen and oxygen atoms in total. The van der Waals surface area contributed by atoms with Gasteiger partial charge in [0.15, 0.2) is 11.5 Å². The predicted molar refractivity (Wildman–Crippen MR) is 103 cm³/mol. The van der Waals surface area contributed by atoms with E-state index >= 15 is 0 Å². The molecule has 0 unspecified atom stereocenters. The van der Waals surface area contributed by atoms with Crippen molar-refractivity contribution in [3.8, 4) is 11.5 Å². The van der Waals surface area contributed by atoms with Gasteiger partial charge in [-0.3, -0.25) is 0 Å². The molecule has 0 radical (unpaired) electrons. The van der Waals surface area contributed by atoms with Gasteiger partial charge in [0, 0.05) is 12.1 Å². The molecule has 142 valence electrons. The summed E-state index contributed by atoms with van der Waals surface area (Å²) in [6.07, 6.45) is 1.64. The summed E-state index contributed by atoms with van der Waals surface area (Å²) in [6.45, 7) is 3.63.